The van der Waals surface area contributed by atoms with Gasteiger partial charge in [0.05, 0.1) is 26.3 Å². The molecule has 18 heavy (non-hydrogen) atoms. The van der Waals surface area contributed by atoms with Gasteiger partial charge in [0, 0.05) is 18.0 Å². The number of rotatable bonds is 2. The van der Waals surface area contributed by atoms with Gasteiger partial charge in [-0.25, -0.2) is 9.77 Å². The second kappa shape index (κ2) is 4.87. The zero-order chi connectivity index (χ0) is 12.4. The lowest BCUT2D eigenvalue weighted by Crippen LogP contribution is -2.44. The standard InChI is InChI=1S/C11H13N5OS/c18-11-14-13-10(9-2-1-3-12-8-9)16(11)15-4-6-17-7-5-15/h1-3,8H,4-7H2,(H,14,18). The van der Waals surface area contributed by atoms with Gasteiger partial charge in [-0.2, -0.15) is 5.10 Å². The molecule has 7 heteroatoms. The molecule has 2 aromatic heterocycles. The normalized spacial score (nSPS) is 15.9. The van der Waals surface area contributed by atoms with E-state index in [1.807, 2.05) is 16.8 Å². The molecule has 1 fully saturated rings. The topological polar surface area (TPSA) is 59.0 Å². The molecule has 1 aliphatic heterocycles. The van der Waals surface area contributed by atoms with E-state index < -0.39 is 0 Å². The highest BCUT2D eigenvalue weighted by Gasteiger charge is 2.17. The van der Waals surface area contributed by atoms with Crippen LogP contribution in [0.2, 0.25) is 0 Å². The van der Waals surface area contributed by atoms with Gasteiger partial charge in [-0.05, 0) is 24.4 Å². The molecule has 0 unspecified atom stereocenters. The van der Waals surface area contributed by atoms with Gasteiger partial charge in [-0.3, -0.25) is 4.98 Å². The largest absolute Gasteiger partial charge is 0.378 e. The van der Waals surface area contributed by atoms with Crippen LogP contribution in [-0.2, 0) is 4.74 Å². The van der Waals surface area contributed by atoms with E-state index in [4.69, 9.17) is 17.0 Å². The Morgan fingerprint density at radius 3 is 2.89 bits per heavy atom. The summed E-state index contributed by atoms with van der Waals surface area (Å²) in [5, 5.41) is 9.26. The highest BCUT2D eigenvalue weighted by Crippen LogP contribution is 2.16. The van der Waals surface area contributed by atoms with Gasteiger partial charge in [0.25, 0.3) is 0 Å². The molecule has 0 atom stereocenters. The van der Waals surface area contributed by atoms with Crippen molar-refractivity contribution in [3.63, 3.8) is 0 Å². The number of hydrogen-bond donors (Lipinski definition) is 1. The Hall–Kier alpha value is -1.73. The fourth-order valence-electron chi connectivity index (χ4n) is 1.99. The maximum atomic E-state index is 5.35. The minimum Gasteiger partial charge on any atom is -0.378 e. The lowest BCUT2D eigenvalue weighted by Gasteiger charge is -2.29. The van der Waals surface area contributed by atoms with Crippen molar-refractivity contribution in [2.24, 2.45) is 0 Å². The predicted octanol–water partition coefficient (Wildman–Crippen LogP) is 0.971. The molecule has 1 N–H and O–H groups in total. The second-order valence-electron chi connectivity index (χ2n) is 3.97. The van der Waals surface area contributed by atoms with E-state index in [1.54, 1.807) is 12.4 Å². The van der Waals surface area contributed by atoms with E-state index in [2.05, 4.69) is 20.2 Å². The number of morpholine rings is 1. The molecule has 0 amide bonds. The molecule has 2 aromatic rings. The monoisotopic (exact) mass is 263 g/mol. The Kier molecular flexibility index (Phi) is 3.07. The lowest BCUT2D eigenvalue weighted by atomic mass is 10.3. The van der Waals surface area contributed by atoms with E-state index in [9.17, 15) is 0 Å². The second-order valence-corrected chi connectivity index (χ2v) is 4.36. The van der Waals surface area contributed by atoms with Crippen molar-refractivity contribution in [3.8, 4) is 11.4 Å². The summed E-state index contributed by atoms with van der Waals surface area (Å²) in [6, 6.07) is 3.85. The van der Waals surface area contributed by atoms with Crippen molar-refractivity contribution in [3.05, 3.63) is 29.3 Å². The van der Waals surface area contributed by atoms with Crippen molar-refractivity contribution in [2.45, 2.75) is 0 Å². The van der Waals surface area contributed by atoms with Crippen LogP contribution in [0.4, 0.5) is 0 Å². The van der Waals surface area contributed by atoms with Crippen LogP contribution in [0.5, 0.6) is 0 Å². The van der Waals surface area contributed by atoms with Crippen molar-refractivity contribution < 1.29 is 4.74 Å². The van der Waals surface area contributed by atoms with Gasteiger partial charge in [-0.15, -0.1) is 0 Å². The van der Waals surface area contributed by atoms with E-state index >= 15 is 0 Å². The average molecular weight is 263 g/mol. The van der Waals surface area contributed by atoms with Crippen LogP contribution < -0.4 is 5.01 Å². The molecule has 0 aliphatic carbocycles. The van der Waals surface area contributed by atoms with Crippen LogP contribution in [0.15, 0.2) is 24.5 Å². The van der Waals surface area contributed by atoms with Gasteiger partial charge in [0.15, 0.2) is 5.82 Å². The summed E-state index contributed by atoms with van der Waals surface area (Å²) < 4.78 is 7.87. The first-order valence-corrected chi connectivity index (χ1v) is 6.18. The van der Waals surface area contributed by atoms with Crippen LogP contribution in [-0.4, -0.2) is 46.2 Å². The van der Waals surface area contributed by atoms with Crippen LogP contribution in [0.3, 0.4) is 0 Å². The molecule has 0 spiro atoms. The Bertz CT molecular complexity index is 573. The van der Waals surface area contributed by atoms with Gasteiger partial charge >= 0.3 is 0 Å². The number of aromatic amines is 1. The van der Waals surface area contributed by atoms with E-state index in [1.165, 1.54) is 0 Å². The first kappa shape index (κ1) is 11.4. The van der Waals surface area contributed by atoms with Gasteiger partial charge in [0.1, 0.15) is 0 Å². The van der Waals surface area contributed by atoms with Crippen molar-refractivity contribution in [2.75, 3.05) is 31.3 Å². The first-order valence-electron chi connectivity index (χ1n) is 5.77. The summed E-state index contributed by atoms with van der Waals surface area (Å²) in [6.45, 7) is 3.03. The third kappa shape index (κ3) is 2.02. The molecular weight excluding hydrogens is 250 g/mol. The Balaban J connectivity index is 2.03. The number of ether oxygens (including phenoxy) is 1. The highest BCUT2D eigenvalue weighted by molar-refractivity contribution is 7.71. The summed E-state index contributed by atoms with van der Waals surface area (Å²) in [6.07, 6.45) is 3.52. The van der Waals surface area contributed by atoms with Crippen LogP contribution in [0.25, 0.3) is 11.4 Å². The Labute approximate surface area is 109 Å². The summed E-state index contributed by atoms with van der Waals surface area (Å²) in [5.74, 6) is 0.787. The van der Waals surface area contributed by atoms with E-state index in [0.717, 1.165) is 24.5 Å². The fraction of sp³-hybridized carbons (Fsp3) is 0.364. The number of H-pyrrole nitrogens is 1. The molecule has 3 heterocycles. The number of hydrogen-bond acceptors (Lipinski definition) is 5. The zero-order valence-electron chi connectivity index (χ0n) is 9.74. The number of nitrogens with one attached hydrogen (secondary N) is 1. The molecule has 0 radical (unpaired) electrons. The zero-order valence-corrected chi connectivity index (χ0v) is 10.6. The van der Waals surface area contributed by atoms with Crippen molar-refractivity contribution in [1.29, 1.82) is 0 Å². The Morgan fingerprint density at radius 2 is 2.17 bits per heavy atom. The summed E-state index contributed by atoms with van der Waals surface area (Å²) in [5.41, 5.74) is 0.941. The maximum absolute atomic E-state index is 5.35. The SMILES string of the molecule is S=c1[nH]nc(-c2cccnc2)n1N1CCOCC1. The third-order valence-corrected chi connectivity index (χ3v) is 3.10. The van der Waals surface area contributed by atoms with Crippen molar-refractivity contribution >= 4 is 12.2 Å². The number of aromatic nitrogens is 4. The van der Waals surface area contributed by atoms with Crippen LogP contribution in [0, 0.1) is 4.77 Å². The molecule has 3 rings (SSSR count). The minimum absolute atomic E-state index is 0.593. The van der Waals surface area contributed by atoms with Gasteiger partial charge in [-0.1, -0.05) is 0 Å². The van der Waals surface area contributed by atoms with Crippen molar-refractivity contribution in [1.82, 2.24) is 19.9 Å². The highest BCUT2D eigenvalue weighted by atomic mass is 32.1. The predicted molar refractivity (Wildman–Crippen MR) is 69.4 cm³/mol. The lowest BCUT2D eigenvalue weighted by molar-refractivity contribution is 0.111. The molecule has 6 nitrogen and oxygen atoms in total. The molecule has 0 bridgehead atoms. The number of nitrogens with zero attached hydrogens (tertiary/aromatic N) is 4. The van der Waals surface area contributed by atoms with Crippen LogP contribution in [0.1, 0.15) is 0 Å². The smallest absolute Gasteiger partial charge is 0.214 e. The maximum Gasteiger partial charge on any atom is 0.214 e. The molecule has 1 aliphatic rings. The molecule has 0 aromatic carbocycles. The third-order valence-electron chi connectivity index (χ3n) is 2.84. The van der Waals surface area contributed by atoms with Crippen LogP contribution >= 0.6 is 12.2 Å². The quantitative estimate of drug-likeness (QED) is 0.818. The minimum atomic E-state index is 0.593. The van der Waals surface area contributed by atoms with E-state index in [-0.39, 0.29) is 0 Å². The molecule has 94 valence electrons. The summed E-state index contributed by atoms with van der Waals surface area (Å²) >= 11 is 5.30. The molecule has 1 saturated heterocycles. The summed E-state index contributed by atoms with van der Waals surface area (Å²) in [4.78, 5) is 4.11. The first-order chi connectivity index (χ1) is 8.86. The van der Waals surface area contributed by atoms with Gasteiger partial charge in [0.2, 0.25) is 4.77 Å². The molecule has 0 saturated carbocycles. The fourth-order valence-corrected chi connectivity index (χ4v) is 2.24. The average Bonchev–Trinajstić information content (AvgIpc) is 2.83. The van der Waals surface area contributed by atoms with Gasteiger partial charge < -0.3 is 9.75 Å². The number of pyridine rings is 1. The summed E-state index contributed by atoms with van der Waals surface area (Å²) in [7, 11) is 0. The van der Waals surface area contributed by atoms with E-state index in [0.29, 0.717) is 18.0 Å². The molecular formula is C11H13N5OS. The Morgan fingerprint density at radius 1 is 1.33 bits per heavy atom.